The molecule has 0 saturated carbocycles. The van der Waals surface area contributed by atoms with Gasteiger partial charge < -0.3 is 9.47 Å². The van der Waals surface area contributed by atoms with Crippen molar-refractivity contribution in [3.63, 3.8) is 0 Å². The second-order valence-corrected chi connectivity index (χ2v) is 11.0. The Hall–Kier alpha value is -2.48. The van der Waals surface area contributed by atoms with Crippen LogP contribution in [0.15, 0.2) is 0 Å². The second kappa shape index (κ2) is 15.6. The van der Waals surface area contributed by atoms with Gasteiger partial charge in [0.1, 0.15) is 0 Å². The smallest absolute Gasteiger partial charge is 0.433 e. The van der Waals surface area contributed by atoms with Crippen LogP contribution in [-0.2, 0) is 38.3 Å². The van der Waals surface area contributed by atoms with Crippen molar-refractivity contribution in [3.8, 4) is 0 Å². The van der Waals surface area contributed by atoms with Gasteiger partial charge in [0, 0.05) is 36.2 Å². The van der Waals surface area contributed by atoms with Crippen LogP contribution in [0.3, 0.4) is 0 Å². The molecule has 0 aromatic heterocycles. The number of rotatable bonds is 15. The Kier molecular flexibility index (Phi) is 12.9. The van der Waals surface area contributed by atoms with Gasteiger partial charge in [-0.1, -0.05) is 58.4 Å². The topological polar surface area (TPSA) is 146 Å². The average molecular weight is 549 g/mol. The maximum absolute atomic E-state index is 11.8. The Morgan fingerprint density at radius 3 is 1.31 bits per heavy atom. The molecule has 14 heteroatoms. The molecule has 0 N–H and O–H groups in total. The number of hydrogen-bond acceptors (Lipinski definition) is 12. The highest BCUT2D eigenvalue weighted by Gasteiger charge is 2.34. The number of amides is 4. The van der Waals surface area contributed by atoms with Gasteiger partial charge in [-0.3, -0.25) is 28.9 Å². The van der Waals surface area contributed by atoms with E-state index in [4.69, 9.17) is 19.1 Å². The van der Waals surface area contributed by atoms with Crippen LogP contribution in [0.4, 0.5) is 9.59 Å². The minimum absolute atomic E-state index is 0.0154. The van der Waals surface area contributed by atoms with Gasteiger partial charge >= 0.3 is 12.3 Å². The summed E-state index contributed by atoms with van der Waals surface area (Å²) in [5, 5.41) is 1.26. The van der Waals surface area contributed by atoms with E-state index in [1.807, 2.05) is 0 Å². The Bertz CT molecular complexity index is 727. The summed E-state index contributed by atoms with van der Waals surface area (Å²) in [5.41, 5.74) is 0. The largest absolute Gasteiger partial charge is 0.533 e. The summed E-state index contributed by atoms with van der Waals surface area (Å²) in [6.45, 7) is 4.26. The molecule has 2 heterocycles. The third-order valence-electron chi connectivity index (χ3n) is 5.21. The summed E-state index contributed by atoms with van der Waals surface area (Å²) in [6, 6.07) is 0. The van der Waals surface area contributed by atoms with E-state index >= 15 is 0 Å². The average Bonchev–Trinajstić information content (AvgIpc) is 3.32. The van der Waals surface area contributed by atoms with Gasteiger partial charge in [0.25, 0.3) is 23.6 Å². The summed E-state index contributed by atoms with van der Waals surface area (Å²) in [5.74, 6) is -2.26. The van der Waals surface area contributed by atoms with Crippen LogP contribution >= 0.6 is 21.6 Å². The van der Waals surface area contributed by atoms with Crippen molar-refractivity contribution in [2.75, 3.05) is 13.2 Å². The Morgan fingerprint density at radius 2 is 1.00 bits per heavy atom. The molecule has 12 nitrogen and oxygen atoms in total. The van der Waals surface area contributed by atoms with Crippen molar-refractivity contribution in [2.24, 2.45) is 0 Å². The number of imide groups is 2. The number of carbonyl (C=O) groups is 6. The SMILES string of the molecule is CCCC(CCOC(=O)ON1C(=O)CCC1=O)SSC(CCC)CCOC(=O)ON1C(=O)CCC1=O. The lowest BCUT2D eigenvalue weighted by Crippen LogP contribution is -2.32. The van der Waals surface area contributed by atoms with Crippen molar-refractivity contribution in [2.45, 2.75) is 88.6 Å². The molecule has 202 valence electrons. The highest BCUT2D eigenvalue weighted by molar-refractivity contribution is 8.77. The maximum atomic E-state index is 11.8. The first-order chi connectivity index (χ1) is 17.2. The van der Waals surface area contributed by atoms with Crippen LogP contribution in [0.5, 0.6) is 0 Å². The highest BCUT2D eigenvalue weighted by atomic mass is 33.1. The lowest BCUT2D eigenvalue weighted by molar-refractivity contribution is -0.177. The van der Waals surface area contributed by atoms with E-state index in [2.05, 4.69) is 13.8 Å². The standard InChI is InChI=1S/C22H32N2O10S2/c1-3-5-15(11-13-31-21(29)33-23-17(25)7-8-18(23)26)35-36-16(6-4-2)12-14-32-22(30)34-24-19(27)9-10-20(24)28/h15-16H,3-14H2,1-2H3. The molecule has 0 bridgehead atoms. The van der Waals surface area contributed by atoms with Gasteiger partial charge in [0.05, 0.1) is 13.2 Å². The molecular formula is C22H32N2O10S2. The molecule has 0 aromatic carbocycles. The minimum atomic E-state index is -1.09. The maximum Gasteiger partial charge on any atom is 0.533 e. The van der Waals surface area contributed by atoms with Gasteiger partial charge in [0.2, 0.25) is 0 Å². The molecule has 0 aliphatic carbocycles. The number of hydrogen-bond donors (Lipinski definition) is 0. The fourth-order valence-corrected chi connectivity index (χ4v) is 6.81. The quantitative estimate of drug-likeness (QED) is 0.166. The molecule has 2 rings (SSSR count). The van der Waals surface area contributed by atoms with Crippen LogP contribution in [0, 0.1) is 0 Å². The summed E-state index contributed by atoms with van der Waals surface area (Å²) < 4.78 is 10.1. The molecule has 4 amide bonds. The van der Waals surface area contributed by atoms with E-state index in [0.29, 0.717) is 23.0 Å². The summed E-state index contributed by atoms with van der Waals surface area (Å²) >= 11 is 0. The number of ether oxygens (including phenoxy) is 2. The molecule has 2 atom stereocenters. The van der Waals surface area contributed by atoms with E-state index in [9.17, 15) is 28.8 Å². The van der Waals surface area contributed by atoms with Gasteiger partial charge in [-0.25, -0.2) is 9.59 Å². The van der Waals surface area contributed by atoms with E-state index in [1.54, 1.807) is 21.6 Å². The van der Waals surface area contributed by atoms with Gasteiger partial charge in [0.15, 0.2) is 0 Å². The molecule has 0 aromatic rings. The van der Waals surface area contributed by atoms with Crippen molar-refractivity contribution in [3.05, 3.63) is 0 Å². The fraction of sp³-hybridized carbons (Fsp3) is 0.727. The van der Waals surface area contributed by atoms with Gasteiger partial charge in [-0.15, -0.1) is 0 Å². The van der Waals surface area contributed by atoms with Gasteiger partial charge in [-0.2, -0.15) is 0 Å². The summed E-state index contributed by atoms with van der Waals surface area (Å²) in [4.78, 5) is 79.0. The van der Waals surface area contributed by atoms with Crippen molar-refractivity contribution in [1.29, 1.82) is 0 Å². The first kappa shape index (κ1) is 29.7. The highest BCUT2D eigenvalue weighted by Crippen LogP contribution is 2.38. The molecule has 0 radical (unpaired) electrons. The van der Waals surface area contributed by atoms with E-state index in [1.165, 1.54) is 0 Å². The number of hydroxylamine groups is 4. The van der Waals surface area contributed by atoms with Gasteiger partial charge in [-0.05, 0) is 25.7 Å². The lowest BCUT2D eigenvalue weighted by atomic mass is 10.2. The van der Waals surface area contributed by atoms with Crippen LogP contribution in [0.2, 0.25) is 0 Å². The predicted molar refractivity (Wildman–Crippen MR) is 129 cm³/mol. The molecule has 0 spiro atoms. The molecule has 36 heavy (non-hydrogen) atoms. The van der Waals surface area contributed by atoms with Crippen molar-refractivity contribution < 1.29 is 47.9 Å². The van der Waals surface area contributed by atoms with E-state index in [-0.39, 0.29) is 49.4 Å². The Labute approximate surface area is 217 Å². The minimum Gasteiger partial charge on any atom is -0.433 e. The predicted octanol–water partition coefficient (Wildman–Crippen LogP) is 3.92. The second-order valence-electron chi connectivity index (χ2n) is 8.13. The monoisotopic (exact) mass is 548 g/mol. The first-order valence-electron chi connectivity index (χ1n) is 12.0. The zero-order chi connectivity index (χ0) is 26.5. The zero-order valence-electron chi connectivity index (χ0n) is 20.4. The summed E-state index contributed by atoms with van der Waals surface area (Å²) in [7, 11) is 3.32. The lowest BCUT2D eigenvalue weighted by Gasteiger charge is -2.20. The van der Waals surface area contributed by atoms with Crippen LogP contribution in [-0.4, -0.2) is 69.8 Å². The van der Waals surface area contributed by atoms with Crippen LogP contribution in [0.25, 0.3) is 0 Å². The number of nitrogens with zero attached hydrogens (tertiary/aromatic N) is 2. The molecule has 2 aliphatic rings. The Balaban J connectivity index is 1.69. The molecule has 2 aliphatic heterocycles. The Morgan fingerprint density at radius 1 is 0.667 bits per heavy atom. The van der Waals surface area contributed by atoms with Crippen molar-refractivity contribution >= 4 is 57.5 Å². The van der Waals surface area contributed by atoms with Crippen molar-refractivity contribution in [1.82, 2.24) is 10.1 Å². The third kappa shape index (κ3) is 9.88. The third-order valence-corrected chi connectivity index (χ3v) is 8.78. The van der Waals surface area contributed by atoms with Crippen LogP contribution in [0.1, 0.15) is 78.1 Å². The zero-order valence-corrected chi connectivity index (χ0v) is 22.1. The normalized spacial score (nSPS) is 17.4. The van der Waals surface area contributed by atoms with E-state index < -0.39 is 35.9 Å². The number of carbonyl (C=O) groups excluding carboxylic acids is 6. The fourth-order valence-electron chi connectivity index (χ4n) is 3.35. The first-order valence-corrected chi connectivity index (χ1v) is 14.3. The summed E-state index contributed by atoms with van der Waals surface area (Å²) in [6.07, 6.45) is 2.64. The molecule has 2 saturated heterocycles. The molecule has 2 unspecified atom stereocenters. The molecule has 2 fully saturated rings. The van der Waals surface area contributed by atoms with Crippen LogP contribution < -0.4 is 0 Å². The molecular weight excluding hydrogens is 516 g/mol. The van der Waals surface area contributed by atoms with E-state index in [0.717, 1.165) is 25.7 Å².